The fourth-order valence-electron chi connectivity index (χ4n) is 2.60. The van der Waals surface area contributed by atoms with Crippen molar-refractivity contribution < 1.29 is 17.5 Å². The maximum absolute atomic E-state index is 12.8. The SMILES string of the molecule is CN=C(NCCCCOc1ccc(F)cc1)NCCc1ccc(S(C)(=O)=O)cc1.I. The second kappa shape index (κ2) is 13.4. The molecule has 0 radical (unpaired) electrons. The highest BCUT2D eigenvalue weighted by Crippen LogP contribution is 2.12. The Morgan fingerprint density at radius 1 is 1.00 bits per heavy atom. The van der Waals surface area contributed by atoms with Crippen molar-refractivity contribution in [1.29, 1.82) is 0 Å². The summed E-state index contributed by atoms with van der Waals surface area (Å²) in [6.45, 7) is 2.02. The van der Waals surface area contributed by atoms with Gasteiger partial charge in [-0.05, 0) is 61.2 Å². The van der Waals surface area contributed by atoms with E-state index in [0.717, 1.165) is 37.3 Å². The van der Waals surface area contributed by atoms with Gasteiger partial charge in [0.2, 0.25) is 0 Å². The molecule has 0 heterocycles. The lowest BCUT2D eigenvalue weighted by Gasteiger charge is -2.12. The lowest BCUT2D eigenvalue weighted by Crippen LogP contribution is -2.38. The summed E-state index contributed by atoms with van der Waals surface area (Å²) < 4.78 is 41.3. The molecule has 6 nitrogen and oxygen atoms in total. The maximum atomic E-state index is 12.8. The van der Waals surface area contributed by atoms with Crippen LogP contribution in [-0.4, -0.2) is 47.4 Å². The molecule has 30 heavy (non-hydrogen) atoms. The number of sulfone groups is 1. The summed E-state index contributed by atoms with van der Waals surface area (Å²) in [5, 5.41) is 6.48. The summed E-state index contributed by atoms with van der Waals surface area (Å²) >= 11 is 0. The van der Waals surface area contributed by atoms with Gasteiger partial charge in [-0.2, -0.15) is 0 Å². The van der Waals surface area contributed by atoms with Gasteiger partial charge in [0, 0.05) is 26.4 Å². The number of halogens is 2. The summed E-state index contributed by atoms with van der Waals surface area (Å²) in [6.07, 6.45) is 3.74. The number of aliphatic imine (C=N–C) groups is 1. The molecule has 2 aromatic rings. The van der Waals surface area contributed by atoms with Crippen LogP contribution in [0.5, 0.6) is 5.75 Å². The van der Waals surface area contributed by atoms with Gasteiger partial charge < -0.3 is 15.4 Å². The van der Waals surface area contributed by atoms with Crippen molar-refractivity contribution in [3.63, 3.8) is 0 Å². The van der Waals surface area contributed by atoms with Crippen molar-refractivity contribution in [1.82, 2.24) is 10.6 Å². The Bertz CT molecular complexity index is 889. The average molecular weight is 549 g/mol. The fourth-order valence-corrected chi connectivity index (χ4v) is 3.23. The molecule has 166 valence electrons. The number of hydrogen-bond donors (Lipinski definition) is 2. The second-order valence-corrected chi connectivity index (χ2v) is 8.62. The number of nitrogens with one attached hydrogen (secondary N) is 2. The lowest BCUT2D eigenvalue weighted by atomic mass is 10.1. The van der Waals surface area contributed by atoms with E-state index in [2.05, 4.69) is 15.6 Å². The number of ether oxygens (including phenoxy) is 1. The van der Waals surface area contributed by atoms with Gasteiger partial charge in [-0.1, -0.05) is 12.1 Å². The molecule has 0 bridgehead atoms. The minimum absolute atomic E-state index is 0. The normalized spacial score (nSPS) is 11.5. The van der Waals surface area contributed by atoms with E-state index in [1.807, 2.05) is 12.1 Å². The van der Waals surface area contributed by atoms with E-state index in [0.29, 0.717) is 23.8 Å². The number of benzene rings is 2. The molecule has 0 unspecified atom stereocenters. The fraction of sp³-hybridized carbons (Fsp3) is 0.381. The molecule has 0 fully saturated rings. The van der Waals surface area contributed by atoms with Crippen LogP contribution in [0.3, 0.4) is 0 Å². The van der Waals surface area contributed by atoms with Gasteiger partial charge in [0.25, 0.3) is 0 Å². The number of nitrogens with zero attached hydrogens (tertiary/aromatic N) is 1. The first-order valence-electron chi connectivity index (χ1n) is 9.50. The van der Waals surface area contributed by atoms with Gasteiger partial charge in [0.1, 0.15) is 11.6 Å². The number of unbranched alkanes of at least 4 members (excludes halogenated alkanes) is 1. The Morgan fingerprint density at radius 2 is 1.63 bits per heavy atom. The van der Waals surface area contributed by atoms with Crippen molar-refractivity contribution in [3.05, 3.63) is 59.9 Å². The van der Waals surface area contributed by atoms with Crippen molar-refractivity contribution >= 4 is 39.8 Å². The van der Waals surface area contributed by atoms with Crippen molar-refractivity contribution in [2.45, 2.75) is 24.2 Å². The molecular formula is C21H29FIN3O3S. The molecule has 2 aromatic carbocycles. The topological polar surface area (TPSA) is 79.8 Å². The van der Waals surface area contributed by atoms with Gasteiger partial charge in [-0.3, -0.25) is 4.99 Å². The predicted molar refractivity (Wildman–Crippen MR) is 129 cm³/mol. The Morgan fingerprint density at radius 3 is 2.23 bits per heavy atom. The highest BCUT2D eigenvalue weighted by molar-refractivity contribution is 14.0. The highest BCUT2D eigenvalue weighted by atomic mass is 127. The Kier molecular flexibility index (Phi) is 11.7. The van der Waals surface area contributed by atoms with Gasteiger partial charge >= 0.3 is 0 Å². The first-order chi connectivity index (χ1) is 13.9. The third-order valence-electron chi connectivity index (χ3n) is 4.23. The molecule has 0 aliphatic rings. The van der Waals surface area contributed by atoms with Crippen molar-refractivity contribution in [3.8, 4) is 5.75 Å². The van der Waals surface area contributed by atoms with Crippen LogP contribution in [0, 0.1) is 5.82 Å². The van der Waals surface area contributed by atoms with Crippen LogP contribution in [0.25, 0.3) is 0 Å². The molecule has 0 saturated heterocycles. The van der Waals surface area contributed by atoms with Gasteiger partial charge in [0.05, 0.1) is 11.5 Å². The average Bonchev–Trinajstić information content (AvgIpc) is 2.70. The van der Waals surface area contributed by atoms with Gasteiger partial charge in [-0.15, -0.1) is 24.0 Å². The highest BCUT2D eigenvalue weighted by Gasteiger charge is 2.06. The molecule has 0 aliphatic carbocycles. The monoisotopic (exact) mass is 549 g/mol. The molecule has 2 N–H and O–H groups in total. The number of guanidine groups is 1. The first kappa shape index (κ1) is 26.2. The lowest BCUT2D eigenvalue weighted by molar-refractivity contribution is 0.306. The molecule has 0 aliphatic heterocycles. The predicted octanol–water partition coefficient (Wildman–Crippen LogP) is 3.41. The van der Waals surface area contributed by atoms with Crippen LogP contribution in [0.2, 0.25) is 0 Å². The zero-order valence-electron chi connectivity index (χ0n) is 17.2. The van der Waals surface area contributed by atoms with Crippen LogP contribution in [-0.2, 0) is 16.3 Å². The van der Waals surface area contributed by atoms with E-state index in [-0.39, 0.29) is 29.8 Å². The minimum atomic E-state index is -3.16. The van der Waals surface area contributed by atoms with E-state index in [1.165, 1.54) is 18.4 Å². The van der Waals surface area contributed by atoms with Crippen molar-refractivity contribution in [2.24, 2.45) is 4.99 Å². The van der Waals surface area contributed by atoms with Crippen LogP contribution >= 0.6 is 24.0 Å². The van der Waals surface area contributed by atoms with E-state index >= 15 is 0 Å². The molecular weight excluding hydrogens is 520 g/mol. The van der Waals surface area contributed by atoms with E-state index < -0.39 is 9.84 Å². The zero-order valence-corrected chi connectivity index (χ0v) is 20.4. The maximum Gasteiger partial charge on any atom is 0.190 e. The number of hydrogen-bond acceptors (Lipinski definition) is 4. The third kappa shape index (κ3) is 9.75. The van der Waals surface area contributed by atoms with Crippen LogP contribution < -0.4 is 15.4 Å². The van der Waals surface area contributed by atoms with E-state index in [9.17, 15) is 12.8 Å². The molecule has 0 amide bonds. The van der Waals surface area contributed by atoms with Crippen LogP contribution in [0.1, 0.15) is 18.4 Å². The summed E-state index contributed by atoms with van der Waals surface area (Å²) in [4.78, 5) is 4.52. The van der Waals surface area contributed by atoms with Crippen molar-refractivity contribution in [2.75, 3.05) is 33.0 Å². The van der Waals surface area contributed by atoms with E-state index in [4.69, 9.17) is 4.74 Å². The number of rotatable bonds is 10. The Balaban J connectivity index is 0.00000450. The van der Waals surface area contributed by atoms with Gasteiger partial charge in [-0.25, -0.2) is 12.8 Å². The summed E-state index contributed by atoms with van der Waals surface area (Å²) in [5.41, 5.74) is 1.05. The van der Waals surface area contributed by atoms with E-state index in [1.54, 1.807) is 31.3 Å². The summed E-state index contributed by atoms with van der Waals surface area (Å²) in [6, 6.07) is 12.9. The van der Waals surface area contributed by atoms with Crippen LogP contribution in [0.4, 0.5) is 4.39 Å². The zero-order chi connectivity index (χ0) is 21.1. The molecule has 0 spiro atoms. The Labute approximate surface area is 195 Å². The molecule has 0 atom stereocenters. The smallest absolute Gasteiger partial charge is 0.190 e. The molecule has 0 saturated carbocycles. The first-order valence-corrected chi connectivity index (χ1v) is 11.4. The molecule has 2 rings (SSSR count). The quantitative estimate of drug-likeness (QED) is 0.206. The summed E-state index contributed by atoms with van der Waals surface area (Å²) in [7, 11) is -1.44. The third-order valence-corrected chi connectivity index (χ3v) is 5.36. The standard InChI is InChI=1S/C21H28FN3O3S.HI/c1-23-21(24-14-3-4-16-28-19-9-7-18(22)8-10-19)25-15-13-17-5-11-20(12-6-17)29(2,26)27;/h5-12H,3-4,13-16H2,1-2H3,(H2,23,24,25);1H. The van der Waals surface area contributed by atoms with Crippen LogP contribution in [0.15, 0.2) is 58.4 Å². The molecule has 0 aromatic heterocycles. The van der Waals surface area contributed by atoms with Gasteiger partial charge in [0.15, 0.2) is 15.8 Å². The summed E-state index contributed by atoms with van der Waals surface area (Å²) in [5.74, 6) is 1.12. The minimum Gasteiger partial charge on any atom is -0.494 e. The Hall–Kier alpha value is -1.88. The molecule has 9 heteroatoms. The second-order valence-electron chi connectivity index (χ2n) is 6.60. The largest absolute Gasteiger partial charge is 0.494 e.